The van der Waals surface area contributed by atoms with Crippen LogP contribution in [0.3, 0.4) is 0 Å². The summed E-state index contributed by atoms with van der Waals surface area (Å²) in [5.74, 6) is -2.53. The van der Waals surface area contributed by atoms with Gasteiger partial charge in [-0.15, -0.1) is 0 Å². The van der Waals surface area contributed by atoms with Crippen molar-refractivity contribution in [3.8, 4) is 0 Å². The molecule has 2 unspecified atom stereocenters. The Bertz CT molecular complexity index is 1960. The molecule has 0 aliphatic heterocycles. The number of carbonyl (C=O) groups excluding carboxylic acids is 4. The van der Waals surface area contributed by atoms with E-state index < -0.39 is 36.0 Å². The lowest BCUT2D eigenvalue weighted by atomic mass is 9.89. The lowest BCUT2D eigenvalue weighted by Gasteiger charge is -2.30. The molecule has 0 saturated heterocycles. The van der Waals surface area contributed by atoms with Crippen molar-refractivity contribution in [2.45, 2.75) is 79.3 Å². The summed E-state index contributed by atoms with van der Waals surface area (Å²) in [6, 6.07) is 18.5. The second kappa shape index (κ2) is 23.5. The van der Waals surface area contributed by atoms with Gasteiger partial charge >= 0.3 is 23.9 Å². The summed E-state index contributed by atoms with van der Waals surface area (Å²) in [7, 11) is 7.60. The first-order valence-electron chi connectivity index (χ1n) is 21.0. The van der Waals surface area contributed by atoms with Gasteiger partial charge in [0.1, 0.15) is 0 Å². The van der Waals surface area contributed by atoms with Crippen LogP contribution < -0.4 is 0 Å². The molecule has 0 fully saturated rings. The predicted molar refractivity (Wildman–Crippen MR) is 233 cm³/mol. The molecule has 2 atom stereocenters. The Labute approximate surface area is 360 Å². The lowest BCUT2D eigenvalue weighted by molar-refractivity contribution is 0.0470. The Balaban J connectivity index is 1.69. The fourth-order valence-corrected chi connectivity index (χ4v) is 7.70. The smallest absolute Gasteiger partial charge is 0.340 e. The first kappa shape index (κ1) is 48.2. The molecule has 4 rings (SSSR count). The number of aryl methyl sites for hydroxylation is 2. The first-order chi connectivity index (χ1) is 29.3. The zero-order valence-corrected chi connectivity index (χ0v) is 37.5. The number of ether oxygens (including phenoxy) is 5. The number of benzene rings is 2. The minimum Gasteiger partial charge on any atom is -0.462 e. The summed E-state index contributed by atoms with van der Waals surface area (Å²) in [6.45, 7) is 11.6. The van der Waals surface area contributed by atoms with Crippen LogP contribution in [0.1, 0.15) is 139 Å². The Hall–Kier alpha value is -5.50. The number of rotatable bonds is 22. The maximum Gasteiger partial charge on any atom is 0.340 e. The molecule has 0 radical (unpaired) electrons. The standard InChI is InChI=1S/C48H62N4O9/c1-11-58-45(53)41-35(29-33-21-17-15-18-22-33)49-31(5)39(43(41)47(55)60-13-3)37(51(7)8)25-27-57-28-26-38(52(9)10)40-32(6)50-36(30-34-23-19-16-20-24-34)42(46(54)59-12-2)44(40)48(56)61-14-4/h15-24,37-38H,11-14,25-30H2,1-10H3. The number of nitrogens with zero attached hydrogens (tertiary/aromatic N) is 4. The molecule has 2 aromatic carbocycles. The van der Waals surface area contributed by atoms with Gasteiger partial charge in [-0.3, -0.25) is 9.97 Å². The SMILES string of the molecule is CCOC(=O)c1c(Cc2ccccc2)nc(C)c(C(CCOCCC(c2c(C)nc(Cc3ccccc3)c(C(=O)OCC)c2C(=O)OCC)N(C)C)N(C)C)c1C(=O)OCC. The number of carbonyl (C=O) groups is 4. The largest absolute Gasteiger partial charge is 0.462 e. The van der Waals surface area contributed by atoms with E-state index in [2.05, 4.69) is 0 Å². The number of hydrogen-bond acceptors (Lipinski definition) is 13. The zero-order valence-electron chi connectivity index (χ0n) is 37.5. The Kier molecular flexibility index (Phi) is 18.5. The monoisotopic (exact) mass is 838 g/mol. The van der Waals surface area contributed by atoms with E-state index in [0.717, 1.165) is 11.1 Å². The van der Waals surface area contributed by atoms with Crippen LogP contribution in [0.2, 0.25) is 0 Å². The van der Waals surface area contributed by atoms with Gasteiger partial charge in [-0.2, -0.15) is 0 Å². The summed E-state index contributed by atoms with van der Waals surface area (Å²) < 4.78 is 28.6. The Morgan fingerprint density at radius 3 is 1.11 bits per heavy atom. The quantitative estimate of drug-likeness (QED) is 0.0434. The molecule has 0 saturated carbocycles. The molecule has 0 aliphatic carbocycles. The molecule has 2 heterocycles. The summed E-state index contributed by atoms with van der Waals surface area (Å²) in [5.41, 5.74) is 5.55. The molecule has 328 valence electrons. The van der Waals surface area contributed by atoms with Gasteiger partial charge in [0.15, 0.2) is 0 Å². The van der Waals surface area contributed by atoms with E-state index in [-0.39, 0.29) is 61.9 Å². The zero-order chi connectivity index (χ0) is 44.6. The maximum absolute atomic E-state index is 13.9. The van der Waals surface area contributed by atoms with E-state index in [4.69, 9.17) is 33.7 Å². The highest BCUT2D eigenvalue weighted by Gasteiger charge is 2.35. The average Bonchev–Trinajstić information content (AvgIpc) is 3.21. The van der Waals surface area contributed by atoms with Gasteiger partial charge in [0.05, 0.1) is 60.1 Å². The molecule has 0 amide bonds. The Morgan fingerprint density at radius 1 is 0.508 bits per heavy atom. The molecular formula is C48H62N4O9. The van der Waals surface area contributed by atoms with Gasteiger partial charge in [0, 0.05) is 60.7 Å². The first-order valence-corrected chi connectivity index (χ1v) is 21.0. The summed E-state index contributed by atoms with van der Waals surface area (Å²) in [6.07, 6.45) is 1.50. The summed E-state index contributed by atoms with van der Waals surface area (Å²) in [4.78, 5) is 69.1. The van der Waals surface area contributed by atoms with Gasteiger partial charge in [-0.25, -0.2) is 19.2 Å². The van der Waals surface area contributed by atoms with Crippen LogP contribution in [0.15, 0.2) is 60.7 Å². The highest BCUT2D eigenvalue weighted by atomic mass is 16.5. The van der Waals surface area contributed by atoms with E-state index >= 15 is 0 Å². The molecule has 61 heavy (non-hydrogen) atoms. The van der Waals surface area contributed by atoms with Crippen LogP contribution in [-0.4, -0.2) is 111 Å². The minimum absolute atomic E-state index is 0.102. The maximum atomic E-state index is 13.9. The van der Waals surface area contributed by atoms with Gasteiger partial charge < -0.3 is 33.5 Å². The number of pyridine rings is 2. The van der Waals surface area contributed by atoms with Crippen LogP contribution in [0.4, 0.5) is 0 Å². The average molecular weight is 839 g/mol. The topological polar surface area (TPSA) is 147 Å². The molecule has 13 heteroatoms. The third kappa shape index (κ3) is 12.3. The Morgan fingerprint density at radius 2 is 0.820 bits per heavy atom. The molecule has 0 spiro atoms. The number of hydrogen-bond donors (Lipinski definition) is 0. The van der Waals surface area contributed by atoms with Crippen LogP contribution in [0, 0.1) is 13.8 Å². The lowest BCUT2D eigenvalue weighted by Crippen LogP contribution is -2.29. The third-order valence-corrected chi connectivity index (χ3v) is 10.3. The van der Waals surface area contributed by atoms with E-state index in [1.54, 1.807) is 27.7 Å². The van der Waals surface area contributed by atoms with Crippen LogP contribution >= 0.6 is 0 Å². The molecular weight excluding hydrogens is 777 g/mol. The van der Waals surface area contributed by atoms with Crippen molar-refractivity contribution in [2.24, 2.45) is 0 Å². The second-order valence-electron chi connectivity index (χ2n) is 15.0. The van der Waals surface area contributed by atoms with Gasteiger partial charge in [-0.05, 0) is 93.7 Å². The van der Waals surface area contributed by atoms with E-state index in [0.29, 0.717) is 59.6 Å². The van der Waals surface area contributed by atoms with Gasteiger partial charge in [-0.1, -0.05) is 60.7 Å². The van der Waals surface area contributed by atoms with Crippen molar-refractivity contribution in [1.82, 2.24) is 19.8 Å². The predicted octanol–water partition coefficient (Wildman–Crippen LogP) is 7.68. The molecule has 4 aromatic rings. The van der Waals surface area contributed by atoms with Crippen molar-refractivity contribution in [1.29, 1.82) is 0 Å². The van der Waals surface area contributed by atoms with Crippen molar-refractivity contribution < 1.29 is 42.9 Å². The highest BCUT2D eigenvalue weighted by Crippen LogP contribution is 2.35. The second-order valence-corrected chi connectivity index (χ2v) is 15.0. The molecule has 0 bridgehead atoms. The van der Waals surface area contributed by atoms with E-state index in [9.17, 15) is 19.2 Å². The fraction of sp³-hybridized carbons (Fsp3) is 0.458. The minimum atomic E-state index is -0.639. The van der Waals surface area contributed by atoms with Crippen LogP contribution in [-0.2, 0) is 36.5 Å². The van der Waals surface area contributed by atoms with Crippen LogP contribution in [0.5, 0.6) is 0 Å². The third-order valence-electron chi connectivity index (χ3n) is 10.3. The van der Waals surface area contributed by atoms with Crippen LogP contribution in [0.25, 0.3) is 0 Å². The normalized spacial score (nSPS) is 12.3. The van der Waals surface area contributed by atoms with Crippen molar-refractivity contribution in [3.63, 3.8) is 0 Å². The fourth-order valence-electron chi connectivity index (χ4n) is 7.70. The number of esters is 4. The molecule has 0 aliphatic rings. The van der Waals surface area contributed by atoms with Crippen molar-refractivity contribution in [2.75, 3.05) is 67.8 Å². The van der Waals surface area contributed by atoms with E-state index in [1.165, 1.54) is 0 Å². The molecule has 13 nitrogen and oxygen atoms in total. The molecule has 0 N–H and O–H groups in total. The highest BCUT2D eigenvalue weighted by molar-refractivity contribution is 6.06. The number of aromatic nitrogens is 2. The van der Waals surface area contributed by atoms with Gasteiger partial charge in [0.2, 0.25) is 0 Å². The van der Waals surface area contributed by atoms with Gasteiger partial charge in [0.25, 0.3) is 0 Å². The summed E-state index contributed by atoms with van der Waals surface area (Å²) >= 11 is 0. The van der Waals surface area contributed by atoms with E-state index in [1.807, 2.05) is 113 Å². The summed E-state index contributed by atoms with van der Waals surface area (Å²) in [5, 5.41) is 0. The molecule has 2 aromatic heterocycles. The van der Waals surface area contributed by atoms with Crippen molar-refractivity contribution in [3.05, 3.63) is 128 Å². The van der Waals surface area contributed by atoms with Crippen molar-refractivity contribution >= 4 is 23.9 Å².